The fourth-order valence-electron chi connectivity index (χ4n) is 4.93. The number of nitrogens with one attached hydrogen (secondary N) is 1. The predicted molar refractivity (Wildman–Crippen MR) is 95.6 cm³/mol. The highest BCUT2D eigenvalue weighted by Crippen LogP contribution is 2.58. The van der Waals surface area contributed by atoms with Crippen LogP contribution in [-0.4, -0.2) is 71.8 Å². The van der Waals surface area contributed by atoms with E-state index in [0.717, 1.165) is 12.8 Å². The SMILES string of the molecule is CCCCNC(=O)C1N(CCCO)C(=O)[C@@H]2[C@H](C(=O)OCC)[C@@H]3CCC12O3. The van der Waals surface area contributed by atoms with Gasteiger partial charge in [0.2, 0.25) is 11.8 Å². The van der Waals surface area contributed by atoms with Gasteiger partial charge in [-0.05, 0) is 32.6 Å². The summed E-state index contributed by atoms with van der Waals surface area (Å²) in [5.41, 5.74) is -0.967. The van der Waals surface area contributed by atoms with Crippen LogP contribution in [0, 0.1) is 11.8 Å². The van der Waals surface area contributed by atoms with Crippen molar-refractivity contribution < 1.29 is 29.0 Å². The summed E-state index contributed by atoms with van der Waals surface area (Å²) in [6.07, 6.45) is 3.03. The fraction of sp³-hybridized carbons (Fsp3) is 0.842. The number of carbonyl (C=O) groups is 3. The number of hydrogen-bond acceptors (Lipinski definition) is 6. The topological polar surface area (TPSA) is 105 Å². The Morgan fingerprint density at radius 2 is 2.15 bits per heavy atom. The molecule has 0 saturated carbocycles. The number of amides is 2. The molecule has 27 heavy (non-hydrogen) atoms. The number of unbranched alkanes of at least 4 members (excludes halogenated alkanes) is 1. The molecule has 0 aliphatic carbocycles. The number of esters is 1. The quantitative estimate of drug-likeness (QED) is 0.437. The number of hydrogen-bond donors (Lipinski definition) is 2. The van der Waals surface area contributed by atoms with E-state index in [-0.39, 0.29) is 37.7 Å². The highest BCUT2D eigenvalue weighted by molar-refractivity contribution is 5.98. The van der Waals surface area contributed by atoms with Gasteiger partial charge >= 0.3 is 5.97 Å². The molecule has 3 aliphatic rings. The molecule has 0 radical (unpaired) electrons. The minimum Gasteiger partial charge on any atom is -0.466 e. The van der Waals surface area contributed by atoms with Crippen LogP contribution < -0.4 is 5.32 Å². The molecule has 2 N–H and O–H groups in total. The Morgan fingerprint density at radius 1 is 1.37 bits per heavy atom. The van der Waals surface area contributed by atoms with Crippen LogP contribution in [0.15, 0.2) is 0 Å². The van der Waals surface area contributed by atoms with Crippen molar-refractivity contribution in [3.8, 4) is 0 Å². The lowest BCUT2D eigenvalue weighted by atomic mass is 9.71. The van der Waals surface area contributed by atoms with Gasteiger partial charge in [-0.15, -0.1) is 0 Å². The lowest BCUT2D eigenvalue weighted by Gasteiger charge is -2.33. The van der Waals surface area contributed by atoms with Gasteiger partial charge in [0.1, 0.15) is 11.6 Å². The second-order valence-corrected chi connectivity index (χ2v) is 7.56. The fourth-order valence-corrected chi connectivity index (χ4v) is 4.93. The Hall–Kier alpha value is -1.67. The zero-order chi connectivity index (χ0) is 19.6. The summed E-state index contributed by atoms with van der Waals surface area (Å²) in [4.78, 5) is 40.2. The molecule has 3 fully saturated rings. The van der Waals surface area contributed by atoms with Crippen LogP contribution in [0.2, 0.25) is 0 Å². The first kappa shape index (κ1) is 20.1. The number of carbonyl (C=O) groups excluding carboxylic acids is 3. The van der Waals surface area contributed by atoms with Gasteiger partial charge in [-0.1, -0.05) is 13.3 Å². The number of rotatable bonds is 9. The Bertz CT molecular complexity index is 597. The summed E-state index contributed by atoms with van der Waals surface area (Å²) >= 11 is 0. The largest absolute Gasteiger partial charge is 0.466 e. The van der Waals surface area contributed by atoms with Crippen molar-refractivity contribution in [2.75, 3.05) is 26.3 Å². The summed E-state index contributed by atoms with van der Waals surface area (Å²) in [5.74, 6) is -2.23. The van der Waals surface area contributed by atoms with Crippen LogP contribution in [0.4, 0.5) is 0 Å². The maximum Gasteiger partial charge on any atom is 0.312 e. The number of aliphatic hydroxyl groups is 1. The highest BCUT2D eigenvalue weighted by atomic mass is 16.6. The second-order valence-electron chi connectivity index (χ2n) is 7.56. The van der Waals surface area contributed by atoms with Gasteiger partial charge in [0.15, 0.2) is 0 Å². The smallest absolute Gasteiger partial charge is 0.312 e. The van der Waals surface area contributed by atoms with Crippen molar-refractivity contribution in [1.29, 1.82) is 0 Å². The molecule has 2 bridgehead atoms. The normalized spacial score (nSPS) is 34.0. The first-order valence-electron chi connectivity index (χ1n) is 10.0. The van der Waals surface area contributed by atoms with Gasteiger partial charge in [-0.2, -0.15) is 0 Å². The summed E-state index contributed by atoms with van der Waals surface area (Å²) in [5, 5.41) is 12.1. The average molecular weight is 382 g/mol. The van der Waals surface area contributed by atoms with Crippen molar-refractivity contribution >= 4 is 17.8 Å². The molecule has 8 nitrogen and oxygen atoms in total. The zero-order valence-corrected chi connectivity index (χ0v) is 16.1. The maximum atomic E-state index is 13.2. The molecule has 3 heterocycles. The van der Waals surface area contributed by atoms with Gasteiger partial charge in [0.25, 0.3) is 0 Å². The van der Waals surface area contributed by atoms with E-state index in [2.05, 4.69) is 5.32 Å². The van der Waals surface area contributed by atoms with E-state index in [1.165, 1.54) is 4.90 Å². The Morgan fingerprint density at radius 3 is 2.81 bits per heavy atom. The average Bonchev–Trinajstić information content (AvgIpc) is 3.28. The van der Waals surface area contributed by atoms with Gasteiger partial charge in [0.05, 0.1) is 24.5 Å². The molecule has 152 valence electrons. The first-order valence-corrected chi connectivity index (χ1v) is 10.0. The highest BCUT2D eigenvalue weighted by Gasteiger charge is 2.74. The van der Waals surface area contributed by atoms with Crippen LogP contribution in [-0.2, 0) is 23.9 Å². The van der Waals surface area contributed by atoms with Crippen molar-refractivity contribution in [2.24, 2.45) is 11.8 Å². The first-order chi connectivity index (χ1) is 13.0. The third-order valence-electron chi connectivity index (χ3n) is 5.99. The van der Waals surface area contributed by atoms with E-state index in [9.17, 15) is 19.5 Å². The molecule has 0 aromatic carbocycles. The van der Waals surface area contributed by atoms with E-state index in [4.69, 9.17) is 9.47 Å². The third-order valence-corrected chi connectivity index (χ3v) is 5.99. The zero-order valence-electron chi connectivity index (χ0n) is 16.1. The van der Waals surface area contributed by atoms with E-state index < -0.39 is 29.4 Å². The molecule has 2 unspecified atom stereocenters. The van der Waals surface area contributed by atoms with Gasteiger partial charge in [-0.25, -0.2) is 0 Å². The van der Waals surface area contributed by atoms with Crippen LogP contribution in [0.3, 0.4) is 0 Å². The van der Waals surface area contributed by atoms with E-state index in [1.807, 2.05) is 6.92 Å². The summed E-state index contributed by atoms with van der Waals surface area (Å²) in [6, 6.07) is -0.761. The summed E-state index contributed by atoms with van der Waals surface area (Å²) < 4.78 is 11.4. The molecule has 8 heteroatoms. The predicted octanol–water partition coefficient (Wildman–Crippen LogP) is 0.223. The molecular weight excluding hydrogens is 352 g/mol. The molecule has 5 atom stereocenters. The van der Waals surface area contributed by atoms with Crippen molar-refractivity contribution in [3.05, 3.63) is 0 Å². The lowest BCUT2D eigenvalue weighted by molar-refractivity contribution is -0.154. The standard InChI is InChI=1S/C19H30N2O6/c1-3-5-9-20-16(23)15-19-8-7-12(27-19)13(18(25)26-4-2)14(19)17(24)21(15)10-6-11-22/h12-15,22H,3-11H2,1-2H3,(H,20,23)/t12-,13+,14-,15?,19?/m0/s1. The van der Waals surface area contributed by atoms with Gasteiger partial charge in [-0.3, -0.25) is 14.4 Å². The molecule has 3 saturated heterocycles. The number of likely N-dealkylation sites (tertiary alicyclic amines) is 1. The number of fused-ring (bicyclic) bond motifs is 1. The Kier molecular flexibility index (Phi) is 6.05. The van der Waals surface area contributed by atoms with Crippen LogP contribution >= 0.6 is 0 Å². The lowest BCUT2D eigenvalue weighted by Crippen LogP contribution is -2.55. The minimum absolute atomic E-state index is 0.0730. The number of nitrogens with zero attached hydrogens (tertiary/aromatic N) is 1. The second kappa shape index (κ2) is 8.14. The van der Waals surface area contributed by atoms with E-state index >= 15 is 0 Å². The summed E-state index contributed by atoms with van der Waals surface area (Å²) in [7, 11) is 0. The van der Waals surface area contributed by atoms with Crippen molar-refractivity contribution in [1.82, 2.24) is 10.2 Å². The van der Waals surface area contributed by atoms with Crippen molar-refractivity contribution in [3.63, 3.8) is 0 Å². The van der Waals surface area contributed by atoms with Gasteiger partial charge in [0, 0.05) is 19.7 Å². The third kappa shape index (κ3) is 3.23. The molecule has 1 spiro atoms. The molecule has 3 rings (SSSR count). The number of aliphatic hydroxyl groups excluding tert-OH is 1. The molecule has 2 amide bonds. The molecule has 0 aromatic heterocycles. The maximum absolute atomic E-state index is 13.2. The van der Waals surface area contributed by atoms with Crippen LogP contribution in [0.5, 0.6) is 0 Å². The Labute approximate surface area is 159 Å². The van der Waals surface area contributed by atoms with Crippen LogP contribution in [0.25, 0.3) is 0 Å². The summed E-state index contributed by atoms with van der Waals surface area (Å²) in [6.45, 7) is 4.75. The molecule has 3 aliphatic heterocycles. The van der Waals surface area contributed by atoms with Crippen LogP contribution in [0.1, 0.15) is 46.0 Å². The monoisotopic (exact) mass is 382 g/mol. The van der Waals surface area contributed by atoms with Gasteiger partial charge < -0.3 is 24.8 Å². The van der Waals surface area contributed by atoms with E-state index in [1.54, 1.807) is 6.92 Å². The van der Waals surface area contributed by atoms with E-state index in [0.29, 0.717) is 25.8 Å². The number of ether oxygens (including phenoxy) is 2. The molecular formula is C19H30N2O6. The molecule has 0 aromatic rings. The Balaban J connectivity index is 1.90. The minimum atomic E-state index is -0.967. The van der Waals surface area contributed by atoms with Crippen molar-refractivity contribution in [2.45, 2.75) is 63.7 Å².